The summed E-state index contributed by atoms with van der Waals surface area (Å²) in [6, 6.07) is 5.56. The van der Waals surface area contributed by atoms with Gasteiger partial charge < -0.3 is 5.73 Å². The number of benzene rings is 1. The number of hydrogen-bond acceptors (Lipinski definition) is 1. The summed E-state index contributed by atoms with van der Waals surface area (Å²) in [6.45, 7) is 4.55. The average Bonchev–Trinajstić information content (AvgIpc) is 2.34. The molecule has 1 nitrogen and oxygen atoms in total. The van der Waals surface area contributed by atoms with Gasteiger partial charge in [-0.15, -0.1) is 0 Å². The van der Waals surface area contributed by atoms with E-state index in [1.165, 1.54) is 6.42 Å². The van der Waals surface area contributed by atoms with Crippen molar-refractivity contribution >= 4 is 15.9 Å². The summed E-state index contributed by atoms with van der Waals surface area (Å²) in [4.78, 5) is 0. The van der Waals surface area contributed by atoms with Gasteiger partial charge in [0.05, 0.1) is 0 Å². The molecule has 0 aliphatic heterocycles. The summed E-state index contributed by atoms with van der Waals surface area (Å²) in [5, 5.41) is 0. The van der Waals surface area contributed by atoms with Gasteiger partial charge in [0.25, 0.3) is 0 Å². The monoisotopic (exact) mass is 327 g/mol. The van der Waals surface area contributed by atoms with Gasteiger partial charge in [0, 0.05) is 10.5 Å². The fourth-order valence-corrected chi connectivity index (χ4v) is 3.47. The molecule has 3 atom stereocenters. The molecule has 0 spiro atoms. The van der Waals surface area contributed by atoms with Gasteiger partial charge in [0.1, 0.15) is 5.82 Å². The summed E-state index contributed by atoms with van der Waals surface area (Å²) < 4.78 is 14.7. The smallest absolute Gasteiger partial charge is 0.127 e. The Morgan fingerprint density at radius 2 is 2.11 bits per heavy atom. The van der Waals surface area contributed by atoms with Crippen LogP contribution in [0.25, 0.3) is 0 Å². The Morgan fingerprint density at radius 1 is 1.37 bits per heavy atom. The van der Waals surface area contributed by atoms with Gasteiger partial charge in [-0.25, -0.2) is 4.39 Å². The highest BCUT2D eigenvalue weighted by Crippen LogP contribution is 2.35. The molecule has 0 radical (unpaired) electrons. The summed E-state index contributed by atoms with van der Waals surface area (Å²) in [6.07, 6.45) is 4.20. The molecule has 1 fully saturated rings. The first-order valence-electron chi connectivity index (χ1n) is 7.17. The third-order valence-corrected chi connectivity index (χ3v) is 5.02. The van der Waals surface area contributed by atoms with Gasteiger partial charge in [-0.1, -0.05) is 35.8 Å². The van der Waals surface area contributed by atoms with Crippen LogP contribution in [0, 0.1) is 23.6 Å². The highest BCUT2D eigenvalue weighted by Gasteiger charge is 2.30. The standard InChI is InChI=1S/C16H23BrFN/c1-10(2)11-4-6-16(19)13(7-11)8-12-3-5-14(17)9-15(12)18/h3,5,9-11,13,16H,4,6-8,19H2,1-2H3. The maximum atomic E-state index is 13.9. The van der Waals surface area contributed by atoms with Crippen LogP contribution in [0.4, 0.5) is 4.39 Å². The molecule has 0 amide bonds. The van der Waals surface area contributed by atoms with E-state index in [1.807, 2.05) is 12.1 Å². The second kappa shape index (κ2) is 6.36. The van der Waals surface area contributed by atoms with Gasteiger partial charge in [-0.2, -0.15) is 0 Å². The fraction of sp³-hybridized carbons (Fsp3) is 0.625. The van der Waals surface area contributed by atoms with Crippen molar-refractivity contribution in [3.63, 3.8) is 0 Å². The minimum atomic E-state index is -0.117. The van der Waals surface area contributed by atoms with Gasteiger partial charge in [-0.3, -0.25) is 0 Å². The molecule has 2 rings (SSSR count). The summed E-state index contributed by atoms with van der Waals surface area (Å²) >= 11 is 3.30. The molecule has 1 aromatic carbocycles. The van der Waals surface area contributed by atoms with E-state index in [0.29, 0.717) is 11.8 Å². The summed E-state index contributed by atoms with van der Waals surface area (Å²) in [5.74, 6) is 1.73. The van der Waals surface area contributed by atoms with Crippen LogP contribution in [0.5, 0.6) is 0 Å². The van der Waals surface area contributed by atoms with Crippen LogP contribution in [-0.4, -0.2) is 6.04 Å². The van der Waals surface area contributed by atoms with Gasteiger partial charge in [0.15, 0.2) is 0 Å². The molecule has 0 aromatic heterocycles. The van der Waals surface area contributed by atoms with Crippen LogP contribution in [0.1, 0.15) is 38.7 Å². The predicted octanol–water partition coefficient (Wildman–Crippen LogP) is 4.53. The van der Waals surface area contributed by atoms with Crippen LogP contribution >= 0.6 is 15.9 Å². The highest BCUT2D eigenvalue weighted by molar-refractivity contribution is 9.10. The normalized spacial score (nSPS) is 27.8. The van der Waals surface area contributed by atoms with Crippen LogP contribution in [0.3, 0.4) is 0 Å². The van der Waals surface area contributed by atoms with Crippen molar-refractivity contribution in [2.24, 2.45) is 23.5 Å². The first-order valence-corrected chi connectivity index (χ1v) is 7.96. The molecule has 1 saturated carbocycles. The zero-order valence-electron chi connectivity index (χ0n) is 11.7. The molecule has 0 saturated heterocycles. The van der Waals surface area contributed by atoms with Crippen molar-refractivity contribution in [3.05, 3.63) is 34.1 Å². The van der Waals surface area contributed by atoms with E-state index >= 15 is 0 Å². The lowest BCUT2D eigenvalue weighted by Gasteiger charge is -2.36. The van der Waals surface area contributed by atoms with E-state index in [0.717, 1.165) is 35.2 Å². The van der Waals surface area contributed by atoms with Crippen molar-refractivity contribution in [2.45, 2.75) is 45.6 Å². The quantitative estimate of drug-likeness (QED) is 0.867. The Kier molecular flexibility index (Phi) is 5.02. The minimum absolute atomic E-state index is 0.117. The lowest BCUT2D eigenvalue weighted by Crippen LogP contribution is -2.38. The summed E-state index contributed by atoms with van der Waals surface area (Å²) in [5.41, 5.74) is 7.04. The van der Waals surface area contributed by atoms with E-state index in [2.05, 4.69) is 29.8 Å². The molecular formula is C16H23BrFN. The fourth-order valence-electron chi connectivity index (χ4n) is 3.13. The number of nitrogens with two attached hydrogens (primary N) is 1. The minimum Gasteiger partial charge on any atom is -0.327 e. The van der Waals surface area contributed by atoms with E-state index in [9.17, 15) is 4.39 Å². The Morgan fingerprint density at radius 3 is 2.74 bits per heavy atom. The average molecular weight is 328 g/mol. The maximum absolute atomic E-state index is 13.9. The van der Waals surface area contributed by atoms with E-state index in [1.54, 1.807) is 6.07 Å². The Labute approximate surface area is 123 Å². The van der Waals surface area contributed by atoms with Gasteiger partial charge >= 0.3 is 0 Å². The second-order valence-corrected chi connectivity index (χ2v) is 7.10. The topological polar surface area (TPSA) is 26.0 Å². The molecule has 1 aliphatic rings. The molecule has 1 aliphatic carbocycles. The second-order valence-electron chi connectivity index (χ2n) is 6.18. The van der Waals surface area contributed by atoms with E-state index in [4.69, 9.17) is 5.73 Å². The molecule has 0 heterocycles. The van der Waals surface area contributed by atoms with Crippen molar-refractivity contribution in [2.75, 3.05) is 0 Å². The zero-order valence-corrected chi connectivity index (χ0v) is 13.3. The van der Waals surface area contributed by atoms with Crippen molar-refractivity contribution in [1.29, 1.82) is 0 Å². The van der Waals surface area contributed by atoms with Crippen molar-refractivity contribution in [3.8, 4) is 0 Å². The van der Waals surface area contributed by atoms with Gasteiger partial charge in [-0.05, 0) is 61.1 Å². The molecular weight excluding hydrogens is 305 g/mol. The molecule has 3 heteroatoms. The molecule has 2 N–H and O–H groups in total. The van der Waals surface area contributed by atoms with E-state index < -0.39 is 0 Å². The number of rotatable bonds is 3. The number of hydrogen-bond donors (Lipinski definition) is 1. The molecule has 0 bridgehead atoms. The largest absolute Gasteiger partial charge is 0.327 e. The van der Waals surface area contributed by atoms with Gasteiger partial charge in [0.2, 0.25) is 0 Å². The summed E-state index contributed by atoms with van der Waals surface area (Å²) in [7, 11) is 0. The Balaban J connectivity index is 2.07. The third kappa shape index (κ3) is 3.79. The Hall–Kier alpha value is -0.410. The maximum Gasteiger partial charge on any atom is 0.127 e. The lowest BCUT2D eigenvalue weighted by molar-refractivity contribution is 0.188. The van der Waals surface area contributed by atoms with Crippen molar-refractivity contribution < 1.29 is 4.39 Å². The molecule has 1 aromatic rings. The first-order chi connectivity index (χ1) is 8.97. The first kappa shape index (κ1) is 15.0. The SMILES string of the molecule is CC(C)C1CCC(N)C(Cc2ccc(Br)cc2F)C1. The zero-order chi connectivity index (χ0) is 14.0. The van der Waals surface area contributed by atoms with Crippen molar-refractivity contribution in [1.82, 2.24) is 0 Å². The Bertz CT molecular complexity index is 433. The molecule has 3 unspecified atom stereocenters. The predicted molar refractivity (Wildman–Crippen MR) is 81.4 cm³/mol. The molecule has 19 heavy (non-hydrogen) atoms. The lowest BCUT2D eigenvalue weighted by atomic mass is 9.72. The van der Waals surface area contributed by atoms with Crippen LogP contribution in [-0.2, 0) is 6.42 Å². The number of halogens is 2. The molecule has 106 valence electrons. The van der Waals surface area contributed by atoms with Crippen LogP contribution in [0.2, 0.25) is 0 Å². The third-order valence-electron chi connectivity index (χ3n) is 4.52. The highest BCUT2D eigenvalue weighted by atomic mass is 79.9. The van der Waals surface area contributed by atoms with E-state index in [-0.39, 0.29) is 11.9 Å². The van der Waals surface area contributed by atoms with Crippen LogP contribution < -0.4 is 5.73 Å². The van der Waals surface area contributed by atoms with Crippen LogP contribution in [0.15, 0.2) is 22.7 Å².